The van der Waals surface area contributed by atoms with E-state index in [2.05, 4.69) is 48.9 Å². The van der Waals surface area contributed by atoms with Crippen LogP contribution < -0.4 is 0 Å². The number of hydrogen-bond donors (Lipinski definition) is 0. The second kappa shape index (κ2) is 6.04. The van der Waals surface area contributed by atoms with E-state index < -0.39 is 0 Å². The first-order chi connectivity index (χ1) is 5.54. The zero-order valence-electron chi connectivity index (χ0n) is 8.11. The first kappa shape index (κ1) is 12.5. The molecule has 0 rings (SSSR count). The summed E-state index contributed by atoms with van der Waals surface area (Å²) in [6, 6.07) is 0. The van der Waals surface area contributed by atoms with Gasteiger partial charge < -0.3 is 0 Å². The van der Waals surface area contributed by atoms with Gasteiger partial charge in [-0.1, -0.05) is 41.9 Å². The van der Waals surface area contributed by atoms with Crippen LogP contribution in [0, 0.1) is 0 Å². The van der Waals surface area contributed by atoms with Crippen molar-refractivity contribution >= 4 is 27.5 Å². The van der Waals surface area contributed by atoms with Crippen LogP contribution in [-0.2, 0) is 0 Å². The summed E-state index contributed by atoms with van der Waals surface area (Å²) in [5.41, 5.74) is 0. The molecule has 0 aliphatic rings. The average Bonchev–Trinajstić information content (AvgIpc) is 2.05. The van der Waals surface area contributed by atoms with Crippen LogP contribution in [0.4, 0.5) is 0 Å². The minimum Gasteiger partial charge on any atom is -0.118 e. The molecule has 2 atom stereocenters. The molecule has 2 unspecified atom stereocenters. The van der Waals surface area contributed by atoms with Crippen LogP contribution in [0.1, 0.15) is 40.0 Å². The summed E-state index contributed by atoms with van der Waals surface area (Å²) in [6.45, 7) is 6.33. The van der Waals surface area contributed by atoms with Gasteiger partial charge in [0.05, 0.1) is 4.87 Å². The van der Waals surface area contributed by atoms with Gasteiger partial charge in [-0.2, -0.15) is 0 Å². The molecule has 0 heterocycles. The maximum absolute atomic E-state index is 6.27. The van der Waals surface area contributed by atoms with Gasteiger partial charge in [0.1, 0.15) is 0 Å². The molecule has 12 heavy (non-hydrogen) atoms. The van der Waals surface area contributed by atoms with Gasteiger partial charge in [-0.25, -0.2) is 0 Å². The highest BCUT2D eigenvalue weighted by Crippen LogP contribution is 2.31. The zero-order chi connectivity index (χ0) is 9.61. The fourth-order valence-electron chi connectivity index (χ4n) is 0.850. The van der Waals surface area contributed by atoms with E-state index in [1.54, 1.807) is 0 Å². The lowest BCUT2D eigenvalue weighted by atomic mass is 10.0. The van der Waals surface area contributed by atoms with Crippen LogP contribution in [-0.4, -0.2) is 9.70 Å². The normalized spacial score (nSPS) is 19.4. The SMILES string of the molecule is CC/C=C\CC(Br)C(C)(Cl)CC. The lowest BCUT2D eigenvalue weighted by Gasteiger charge is -2.25. The van der Waals surface area contributed by atoms with E-state index in [1.165, 1.54) is 0 Å². The Morgan fingerprint density at radius 3 is 2.42 bits per heavy atom. The van der Waals surface area contributed by atoms with Gasteiger partial charge in [0.2, 0.25) is 0 Å². The number of alkyl halides is 2. The highest BCUT2D eigenvalue weighted by molar-refractivity contribution is 9.09. The van der Waals surface area contributed by atoms with E-state index in [-0.39, 0.29) is 4.87 Å². The minimum absolute atomic E-state index is 0.113. The summed E-state index contributed by atoms with van der Waals surface area (Å²) in [6.07, 6.45) is 7.48. The molecule has 0 radical (unpaired) electrons. The molecule has 0 spiro atoms. The zero-order valence-corrected chi connectivity index (χ0v) is 10.5. The van der Waals surface area contributed by atoms with Crippen molar-refractivity contribution in [1.29, 1.82) is 0 Å². The van der Waals surface area contributed by atoms with Gasteiger partial charge in [-0.05, 0) is 26.2 Å². The Bertz CT molecular complexity index is 141. The predicted molar refractivity (Wildman–Crippen MR) is 61.3 cm³/mol. The maximum atomic E-state index is 6.27. The van der Waals surface area contributed by atoms with E-state index >= 15 is 0 Å². The largest absolute Gasteiger partial charge is 0.118 e. The number of rotatable bonds is 5. The van der Waals surface area contributed by atoms with Crippen LogP contribution in [0.25, 0.3) is 0 Å². The molecular formula is C10H18BrCl. The summed E-state index contributed by atoms with van der Waals surface area (Å²) in [5, 5.41) is 0. The summed E-state index contributed by atoms with van der Waals surface area (Å²) in [4.78, 5) is 0.261. The van der Waals surface area contributed by atoms with Crippen molar-refractivity contribution < 1.29 is 0 Å². The third kappa shape index (κ3) is 4.51. The molecule has 0 amide bonds. The lowest BCUT2D eigenvalue weighted by molar-refractivity contribution is 0.584. The maximum Gasteiger partial charge on any atom is 0.0543 e. The summed E-state index contributed by atoms with van der Waals surface area (Å²) in [5.74, 6) is 0. The Labute approximate surface area is 89.5 Å². The summed E-state index contributed by atoms with van der Waals surface area (Å²) < 4.78 is 0. The van der Waals surface area contributed by atoms with E-state index in [9.17, 15) is 0 Å². The van der Waals surface area contributed by atoms with Crippen molar-refractivity contribution in [1.82, 2.24) is 0 Å². The van der Waals surface area contributed by atoms with Gasteiger partial charge in [-0.3, -0.25) is 0 Å². The highest BCUT2D eigenvalue weighted by Gasteiger charge is 2.26. The van der Waals surface area contributed by atoms with E-state index in [0.29, 0.717) is 4.83 Å². The minimum atomic E-state index is -0.113. The molecule has 0 N–H and O–H groups in total. The fourth-order valence-corrected chi connectivity index (χ4v) is 1.48. The van der Waals surface area contributed by atoms with E-state index in [1.807, 2.05) is 0 Å². The molecule has 0 aliphatic carbocycles. The molecule has 0 aromatic rings. The van der Waals surface area contributed by atoms with Crippen molar-refractivity contribution in [3.05, 3.63) is 12.2 Å². The van der Waals surface area contributed by atoms with Crippen LogP contribution in [0.5, 0.6) is 0 Å². The summed E-state index contributed by atoms with van der Waals surface area (Å²) >= 11 is 9.88. The van der Waals surface area contributed by atoms with Gasteiger partial charge in [0, 0.05) is 4.83 Å². The Balaban J connectivity index is 3.86. The molecule has 0 nitrogen and oxygen atoms in total. The van der Waals surface area contributed by atoms with Gasteiger partial charge >= 0.3 is 0 Å². The van der Waals surface area contributed by atoms with Crippen molar-refractivity contribution in [2.45, 2.75) is 49.7 Å². The molecule has 0 saturated heterocycles. The average molecular weight is 254 g/mol. The molecule has 0 saturated carbocycles. The van der Waals surface area contributed by atoms with Gasteiger partial charge in [-0.15, -0.1) is 11.6 Å². The fraction of sp³-hybridized carbons (Fsp3) is 0.800. The quantitative estimate of drug-likeness (QED) is 0.499. The Kier molecular flexibility index (Phi) is 6.30. The molecule has 72 valence electrons. The molecule has 2 heteroatoms. The monoisotopic (exact) mass is 252 g/mol. The Morgan fingerprint density at radius 2 is 2.00 bits per heavy atom. The summed E-state index contributed by atoms with van der Waals surface area (Å²) in [7, 11) is 0. The molecule has 0 aliphatic heterocycles. The van der Waals surface area contributed by atoms with Crippen molar-refractivity contribution in [3.63, 3.8) is 0 Å². The van der Waals surface area contributed by atoms with Crippen molar-refractivity contribution in [2.75, 3.05) is 0 Å². The Hall–Kier alpha value is 0.510. The molecule has 0 aromatic heterocycles. The van der Waals surface area contributed by atoms with Crippen LogP contribution in [0.3, 0.4) is 0 Å². The second-order valence-corrected chi connectivity index (χ2v) is 5.18. The second-order valence-electron chi connectivity index (χ2n) is 3.21. The smallest absolute Gasteiger partial charge is 0.0543 e. The number of halogens is 2. The Morgan fingerprint density at radius 1 is 1.42 bits per heavy atom. The van der Waals surface area contributed by atoms with Gasteiger partial charge in [0.15, 0.2) is 0 Å². The van der Waals surface area contributed by atoms with Crippen LogP contribution in [0.2, 0.25) is 0 Å². The van der Waals surface area contributed by atoms with Crippen LogP contribution >= 0.6 is 27.5 Å². The van der Waals surface area contributed by atoms with Crippen molar-refractivity contribution in [2.24, 2.45) is 0 Å². The third-order valence-electron chi connectivity index (χ3n) is 2.09. The predicted octanol–water partition coefficient (Wildman–Crippen LogP) is 4.51. The lowest BCUT2D eigenvalue weighted by Crippen LogP contribution is -2.27. The number of allylic oxidation sites excluding steroid dienone is 2. The number of hydrogen-bond acceptors (Lipinski definition) is 0. The molecule has 0 aromatic carbocycles. The molecular weight excluding hydrogens is 235 g/mol. The van der Waals surface area contributed by atoms with Gasteiger partial charge in [0.25, 0.3) is 0 Å². The van der Waals surface area contributed by atoms with Crippen LogP contribution in [0.15, 0.2) is 12.2 Å². The van der Waals surface area contributed by atoms with E-state index in [0.717, 1.165) is 19.3 Å². The van der Waals surface area contributed by atoms with Crippen molar-refractivity contribution in [3.8, 4) is 0 Å². The first-order valence-electron chi connectivity index (χ1n) is 4.52. The molecule has 0 bridgehead atoms. The third-order valence-corrected chi connectivity index (χ3v) is 4.27. The first-order valence-corrected chi connectivity index (χ1v) is 5.82. The molecule has 0 fully saturated rings. The highest BCUT2D eigenvalue weighted by atomic mass is 79.9. The van der Waals surface area contributed by atoms with E-state index in [4.69, 9.17) is 11.6 Å². The topological polar surface area (TPSA) is 0 Å². The standard InChI is InChI=1S/C10H18BrCl/c1-4-6-7-8-9(11)10(3,12)5-2/h6-7,9H,4-5,8H2,1-3H3/b7-6-.